The Morgan fingerprint density at radius 3 is 2.68 bits per heavy atom. The average molecular weight is 516 g/mol. The summed E-state index contributed by atoms with van der Waals surface area (Å²) in [4.78, 5) is 27.6. The number of amides is 1. The topological polar surface area (TPSA) is 98.1 Å². The summed E-state index contributed by atoms with van der Waals surface area (Å²) in [5.74, 6) is 1.19. The van der Waals surface area contributed by atoms with Crippen molar-refractivity contribution in [1.29, 1.82) is 0 Å². The normalized spacial score (nSPS) is 18.8. The summed E-state index contributed by atoms with van der Waals surface area (Å²) >= 11 is 0. The maximum Gasteiger partial charge on any atom is 0.433 e. The number of nitrogens with zero attached hydrogens (tertiary/aromatic N) is 6. The number of nitrogens with one attached hydrogen (secondary N) is 1. The highest BCUT2D eigenvalue weighted by Gasteiger charge is 2.52. The molecule has 0 spiro atoms. The van der Waals surface area contributed by atoms with Gasteiger partial charge in [-0.1, -0.05) is 0 Å². The van der Waals surface area contributed by atoms with Crippen LogP contribution in [0.15, 0.2) is 30.7 Å². The molecule has 37 heavy (non-hydrogen) atoms. The van der Waals surface area contributed by atoms with Gasteiger partial charge in [0.1, 0.15) is 23.2 Å². The molecule has 196 valence electrons. The Morgan fingerprint density at radius 2 is 2.00 bits per heavy atom. The summed E-state index contributed by atoms with van der Waals surface area (Å²) in [5, 5.41) is 7.27. The lowest BCUT2D eigenvalue weighted by molar-refractivity contribution is -0.141. The molecular weight excluding hydrogens is 487 g/mol. The van der Waals surface area contributed by atoms with Crippen LogP contribution in [-0.4, -0.2) is 56.4 Å². The Kier molecular flexibility index (Phi) is 6.38. The van der Waals surface area contributed by atoms with Gasteiger partial charge >= 0.3 is 6.18 Å². The van der Waals surface area contributed by atoms with Crippen LogP contribution < -0.4 is 10.2 Å². The molecule has 9 nitrogen and oxygen atoms in total. The standard InChI is InChI=1S/C25H28F3N7O2/c1-15-20-22(34(2)21(23(36)33-20)24(37-3)8-4-9-24)32-19(31-15)6-5-17-12-30-35(14-17)13-16-7-10-29-18(11-16)25(26,27)28/h7,10-12,14,21H,4-6,8-9,13H2,1-3H3,(H,33,36). The highest BCUT2D eigenvalue weighted by atomic mass is 19.4. The second-order valence-electron chi connectivity index (χ2n) is 9.64. The first-order valence-corrected chi connectivity index (χ1v) is 12.1. The zero-order valence-electron chi connectivity index (χ0n) is 20.8. The van der Waals surface area contributed by atoms with Crippen LogP contribution in [0.1, 0.15) is 47.6 Å². The zero-order chi connectivity index (χ0) is 26.4. The van der Waals surface area contributed by atoms with Gasteiger partial charge in [-0.05, 0) is 55.9 Å². The summed E-state index contributed by atoms with van der Waals surface area (Å²) in [5.41, 5.74) is 1.24. The second kappa shape index (κ2) is 9.40. The van der Waals surface area contributed by atoms with Crippen LogP contribution in [0.25, 0.3) is 0 Å². The molecule has 0 radical (unpaired) electrons. The van der Waals surface area contributed by atoms with Crippen molar-refractivity contribution in [2.24, 2.45) is 0 Å². The molecule has 2 aliphatic rings. The lowest BCUT2D eigenvalue weighted by Gasteiger charge is -2.50. The highest BCUT2D eigenvalue weighted by molar-refractivity contribution is 6.04. The van der Waals surface area contributed by atoms with E-state index >= 15 is 0 Å². The molecule has 12 heteroatoms. The van der Waals surface area contributed by atoms with Gasteiger partial charge in [0.25, 0.3) is 0 Å². The highest BCUT2D eigenvalue weighted by Crippen LogP contribution is 2.44. The summed E-state index contributed by atoms with van der Waals surface area (Å²) < 4.78 is 46.2. The van der Waals surface area contributed by atoms with Crippen LogP contribution in [0.2, 0.25) is 0 Å². The van der Waals surface area contributed by atoms with Crippen molar-refractivity contribution >= 4 is 17.4 Å². The van der Waals surface area contributed by atoms with Crippen LogP contribution in [0, 0.1) is 6.92 Å². The third-order valence-corrected chi connectivity index (χ3v) is 7.22. The molecule has 1 amide bonds. The van der Waals surface area contributed by atoms with Gasteiger partial charge in [0, 0.05) is 33.0 Å². The predicted molar refractivity (Wildman–Crippen MR) is 129 cm³/mol. The molecule has 1 saturated carbocycles. The molecule has 0 bridgehead atoms. The molecule has 1 fully saturated rings. The number of rotatable bonds is 7. The number of likely N-dealkylation sites (N-methyl/N-ethyl adjacent to an activating group) is 1. The van der Waals surface area contributed by atoms with Crippen LogP contribution in [0.3, 0.4) is 0 Å². The van der Waals surface area contributed by atoms with Gasteiger partial charge in [-0.25, -0.2) is 9.97 Å². The number of halogens is 3. The van der Waals surface area contributed by atoms with Gasteiger partial charge in [-0.15, -0.1) is 0 Å². The van der Waals surface area contributed by atoms with E-state index in [0.717, 1.165) is 37.1 Å². The van der Waals surface area contributed by atoms with Crippen molar-refractivity contribution in [2.45, 2.75) is 63.4 Å². The Bertz CT molecular complexity index is 1310. The zero-order valence-corrected chi connectivity index (χ0v) is 20.8. The lowest BCUT2D eigenvalue weighted by atomic mass is 9.73. The van der Waals surface area contributed by atoms with E-state index in [2.05, 4.69) is 20.4 Å². The second-order valence-corrected chi connectivity index (χ2v) is 9.64. The number of carbonyl (C=O) groups excluding carboxylic acids is 1. The van der Waals surface area contributed by atoms with Crippen LogP contribution >= 0.6 is 0 Å². The average Bonchev–Trinajstić information content (AvgIpc) is 3.27. The van der Waals surface area contributed by atoms with Crippen molar-refractivity contribution < 1.29 is 22.7 Å². The molecule has 4 heterocycles. The fourth-order valence-corrected chi connectivity index (χ4v) is 5.12. The Balaban J connectivity index is 1.29. The molecule has 1 unspecified atom stereocenters. The number of fused-ring (bicyclic) bond motifs is 1. The lowest BCUT2D eigenvalue weighted by Crippen LogP contribution is -2.64. The number of anilines is 2. The predicted octanol–water partition coefficient (Wildman–Crippen LogP) is 3.55. The maximum atomic E-state index is 13.0. The SMILES string of the molecule is COC1(C2C(=O)Nc3c(C)nc(CCc4cnn(Cc5ccnc(C(F)(F)F)c5)c4)nc3N2C)CCC1. The molecular formula is C25H28F3N7O2. The number of aryl methyl sites for hydroxylation is 3. The molecule has 1 aliphatic carbocycles. The Morgan fingerprint density at radius 1 is 1.22 bits per heavy atom. The van der Waals surface area contributed by atoms with E-state index < -0.39 is 23.5 Å². The summed E-state index contributed by atoms with van der Waals surface area (Å²) in [6.07, 6.45) is 3.96. The van der Waals surface area contributed by atoms with Crippen LogP contribution in [0.5, 0.6) is 0 Å². The number of hydrogen-bond acceptors (Lipinski definition) is 7. The largest absolute Gasteiger partial charge is 0.433 e. The molecule has 1 N–H and O–H groups in total. The van der Waals surface area contributed by atoms with Gasteiger partial charge in [-0.2, -0.15) is 18.3 Å². The first-order valence-electron chi connectivity index (χ1n) is 12.1. The number of carbonyl (C=O) groups is 1. The monoisotopic (exact) mass is 515 g/mol. The van der Waals surface area contributed by atoms with E-state index in [-0.39, 0.29) is 12.5 Å². The maximum absolute atomic E-state index is 13.0. The fourth-order valence-electron chi connectivity index (χ4n) is 5.12. The summed E-state index contributed by atoms with van der Waals surface area (Å²) in [6, 6.07) is 2.11. The van der Waals surface area contributed by atoms with E-state index in [9.17, 15) is 18.0 Å². The van der Waals surface area contributed by atoms with Gasteiger partial charge in [0.15, 0.2) is 5.82 Å². The minimum absolute atomic E-state index is 0.111. The van der Waals surface area contributed by atoms with Gasteiger partial charge in [-0.3, -0.25) is 14.5 Å². The van der Waals surface area contributed by atoms with Crippen LogP contribution in [-0.2, 0) is 35.1 Å². The smallest absolute Gasteiger partial charge is 0.376 e. The Labute approximate surface area is 212 Å². The first kappa shape index (κ1) is 25.1. The molecule has 1 atom stereocenters. The minimum Gasteiger partial charge on any atom is -0.376 e. The molecule has 3 aromatic heterocycles. The van der Waals surface area contributed by atoms with Crippen molar-refractivity contribution in [2.75, 3.05) is 24.4 Å². The van der Waals surface area contributed by atoms with Gasteiger partial charge in [0.2, 0.25) is 5.91 Å². The Hall–Kier alpha value is -3.54. The molecule has 3 aromatic rings. The molecule has 5 rings (SSSR count). The van der Waals surface area contributed by atoms with Crippen molar-refractivity contribution in [3.8, 4) is 0 Å². The number of pyridine rings is 1. The molecule has 0 aromatic carbocycles. The number of alkyl halides is 3. The summed E-state index contributed by atoms with van der Waals surface area (Å²) in [6.45, 7) is 2.04. The van der Waals surface area contributed by atoms with Gasteiger partial charge in [0.05, 0.1) is 24.0 Å². The quantitative estimate of drug-likeness (QED) is 0.514. The molecule has 1 aliphatic heterocycles. The van der Waals surface area contributed by atoms with Gasteiger partial charge < -0.3 is 15.0 Å². The molecule has 0 saturated heterocycles. The van der Waals surface area contributed by atoms with E-state index in [1.165, 1.54) is 0 Å². The van der Waals surface area contributed by atoms with Crippen molar-refractivity contribution in [3.05, 3.63) is 59.1 Å². The third-order valence-electron chi connectivity index (χ3n) is 7.22. The van der Waals surface area contributed by atoms with Crippen molar-refractivity contribution in [1.82, 2.24) is 24.7 Å². The van der Waals surface area contributed by atoms with E-state index in [4.69, 9.17) is 9.72 Å². The van der Waals surface area contributed by atoms with E-state index in [1.807, 2.05) is 18.9 Å². The van der Waals surface area contributed by atoms with E-state index in [1.54, 1.807) is 30.3 Å². The third kappa shape index (κ3) is 4.77. The number of hydrogen-bond donors (Lipinski definition) is 1. The number of methoxy groups -OCH3 is 1. The number of aromatic nitrogens is 5. The summed E-state index contributed by atoms with van der Waals surface area (Å²) in [7, 11) is 3.52. The van der Waals surface area contributed by atoms with Crippen LogP contribution in [0.4, 0.5) is 24.7 Å². The fraction of sp³-hybridized carbons (Fsp3) is 0.480. The van der Waals surface area contributed by atoms with E-state index in [0.29, 0.717) is 41.4 Å². The number of ether oxygens (including phenoxy) is 1. The minimum atomic E-state index is -4.49. The first-order chi connectivity index (χ1) is 17.6. The van der Waals surface area contributed by atoms with Crippen molar-refractivity contribution in [3.63, 3.8) is 0 Å².